The van der Waals surface area contributed by atoms with E-state index in [4.69, 9.17) is 10.5 Å². The summed E-state index contributed by atoms with van der Waals surface area (Å²) in [4.78, 5) is 46.4. The molecule has 0 unspecified atom stereocenters. The first-order valence-corrected chi connectivity index (χ1v) is 14.8. The van der Waals surface area contributed by atoms with Crippen molar-refractivity contribution in [3.8, 4) is 21.1 Å². The van der Waals surface area contributed by atoms with Crippen LogP contribution in [0.15, 0.2) is 49.1 Å². The molecule has 43 heavy (non-hydrogen) atoms. The van der Waals surface area contributed by atoms with Gasteiger partial charge in [-0.2, -0.15) is 0 Å². The quantitative estimate of drug-likeness (QED) is 0.278. The largest absolute Gasteiger partial charge is 0.444 e. The molecular weight excluding hydrogens is 592 g/mol. The molecule has 0 aliphatic rings. The summed E-state index contributed by atoms with van der Waals surface area (Å²) in [5, 5.41) is 21.2. The van der Waals surface area contributed by atoms with Crippen LogP contribution in [0.3, 0.4) is 0 Å². The SMILES string of the molecule is CN(C(=O)CCN)c1nnc(-c2cccnc2)s1.CN(C(=O)CCNC(=O)OC(C)(C)C)c1nnc(-c2cccnc2)s1. The van der Waals surface area contributed by atoms with Crippen molar-refractivity contribution in [2.75, 3.05) is 37.0 Å². The second-order valence-electron chi connectivity index (χ2n) is 9.89. The molecule has 4 rings (SSSR count). The fourth-order valence-corrected chi connectivity index (χ4v) is 4.80. The Balaban J connectivity index is 0.000000248. The fourth-order valence-electron chi connectivity index (χ4n) is 3.17. The van der Waals surface area contributed by atoms with Gasteiger partial charge in [0.05, 0.1) is 0 Å². The lowest BCUT2D eigenvalue weighted by Crippen LogP contribution is -2.35. The third-order valence-electron chi connectivity index (χ3n) is 5.33. The lowest BCUT2D eigenvalue weighted by atomic mass is 10.2. The van der Waals surface area contributed by atoms with Crippen molar-refractivity contribution >= 4 is 50.8 Å². The van der Waals surface area contributed by atoms with Gasteiger partial charge in [-0.15, -0.1) is 20.4 Å². The predicted molar refractivity (Wildman–Crippen MR) is 166 cm³/mol. The normalized spacial score (nSPS) is 10.7. The second-order valence-corrected chi connectivity index (χ2v) is 11.8. The molecule has 16 heteroatoms. The third kappa shape index (κ3) is 10.4. The molecule has 0 radical (unpaired) electrons. The van der Waals surface area contributed by atoms with Gasteiger partial charge in [0.1, 0.15) is 5.60 Å². The van der Waals surface area contributed by atoms with Gasteiger partial charge in [-0.25, -0.2) is 4.79 Å². The lowest BCUT2D eigenvalue weighted by Gasteiger charge is -2.20. The predicted octanol–water partition coefficient (Wildman–Crippen LogP) is 3.39. The van der Waals surface area contributed by atoms with E-state index >= 15 is 0 Å². The number of aromatic nitrogens is 6. The Kier molecular flexibility index (Phi) is 12.1. The Morgan fingerprint density at radius 1 is 0.837 bits per heavy atom. The highest BCUT2D eigenvalue weighted by Crippen LogP contribution is 2.28. The van der Waals surface area contributed by atoms with E-state index < -0.39 is 11.7 Å². The van der Waals surface area contributed by atoms with Crippen molar-refractivity contribution in [1.29, 1.82) is 0 Å². The molecule has 0 fully saturated rings. The molecule has 3 amide bonds. The molecule has 0 atom stereocenters. The maximum atomic E-state index is 12.2. The Bertz CT molecular complexity index is 1480. The van der Waals surface area contributed by atoms with Crippen LogP contribution in [0.4, 0.5) is 15.1 Å². The van der Waals surface area contributed by atoms with Crippen molar-refractivity contribution in [3.63, 3.8) is 0 Å². The van der Waals surface area contributed by atoms with Crippen molar-refractivity contribution < 1.29 is 19.1 Å². The van der Waals surface area contributed by atoms with Gasteiger partial charge in [0.25, 0.3) is 0 Å². The maximum Gasteiger partial charge on any atom is 0.407 e. The molecule has 0 aromatic carbocycles. The number of hydrogen-bond donors (Lipinski definition) is 2. The van der Waals surface area contributed by atoms with Crippen molar-refractivity contribution in [2.45, 2.75) is 39.2 Å². The fraction of sp³-hybridized carbons (Fsp3) is 0.370. The average molecular weight is 627 g/mol. The highest BCUT2D eigenvalue weighted by molar-refractivity contribution is 7.19. The minimum absolute atomic E-state index is 0.0635. The molecule has 14 nitrogen and oxygen atoms in total. The van der Waals surface area contributed by atoms with Crippen LogP contribution in [-0.4, -0.2) is 81.1 Å². The highest BCUT2D eigenvalue weighted by atomic mass is 32.1. The van der Waals surface area contributed by atoms with Gasteiger partial charge in [0.2, 0.25) is 22.1 Å². The Hall–Kier alpha value is -4.41. The van der Waals surface area contributed by atoms with Gasteiger partial charge in [0, 0.05) is 75.9 Å². The molecule has 228 valence electrons. The second kappa shape index (κ2) is 15.7. The number of nitrogens with zero attached hydrogens (tertiary/aromatic N) is 8. The minimum atomic E-state index is -0.569. The Labute approximate surface area is 257 Å². The van der Waals surface area contributed by atoms with Crippen LogP contribution in [0.1, 0.15) is 33.6 Å². The molecule has 4 aromatic heterocycles. The number of pyridine rings is 2. The molecule has 0 saturated heterocycles. The topological polar surface area (TPSA) is 182 Å². The smallest absolute Gasteiger partial charge is 0.407 e. The van der Waals surface area contributed by atoms with E-state index in [-0.39, 0.29) is 24.8 Å². The van der Waals surface area contributed by atoms with Crippen LogP contribution in [0.25, 0.3) is 21.1 Å². The zero-order valence-corrected chi connectivity index (χ0v) is 26.2. The van der Waals surface area contributed by atoms with Crippen LogP contribution in [-0.2, 0) is 14.3 Å². The summed E-state index contributed by atoms with van der Waals surface area (Å²) in [6.45, 7) is 5.85. The molecule has 0 aliphatic heterocycles. The zero-order valence-electron chi connectivity index (χ0n) is 24.6. The number of carbonyl (C=O) groups excluding carboxylic acids is 3. The van der Waals surface area contributed by atoms with Gasteiger partial charge < -0.3 is 15.8 Å². The molecule has 0 spiro atoms. The maximum absolute atomic E-state index is 12.2. The van der Waals surface area contributed by atoms with E-state index in [0.29, 0.717) is 28.2 Å². The van der Waals surface area contributed by atoms with E-state index in [1.54, 1.807) is 59.7 Å². The summed E-state index contributed by atoms with van der Waals surface area (Å²) < 4.78 is 5.12. The summed E-state index contributed by atoms with van der Waals surface area (Å²) in [6, 6.07) is 7.43. The summed E-state index contributed by atoms with van der Waals surface area (Å²) in [6.07, 6.45) is 6.68. The van der Waals surface area contributed by atoms with Crippen LogP contribution in [0, 0.1) is 0 Å². The van der Waals surface area contributed by atoms with E-state index in [2.05, 4.69) is 35.7 Å². The van der Waals surface area contributed by atoms with Crippen LogP contribution < -0.4 is 20.9 Å². The molecule has 0 aliphatic carbocycles. The molecule has 0 saturated carbocycles. The number of carbonyl (C=O) groups is 3. The standard InChI is InChI=1S/C16H21N5O3S.C11H13N5OS/c1-16(2,3)24-15(23)18-9-7-12(22)21(4)14-20-19-13(25-14)11-6-5-8-17-10-11;1-16(9(17)4-5-12)11-15-14-10(18-11)8-3-2-6-13-7-8/h5-6,8,10H,7,9H2,1-4H3,(H,18,23);2-3,6-7H,4-5,12H2,1H3. The number of anilines is 2. The van der Waals surface area contributed by atoms with Gasteiger partial charge in [-0.1, -0.05) is 22.7 Å². The summed E-state index contributed by atoms with van der Waals surface area (Å²) in [5.41, 5.74) is 6.52. The number of amides is 3. The number of hydrogen-bond acceptors (Lipinski definition) is 13. The van der Waals surface area contributed by atoms with Crippen molar-refractivity contribution in [2.24, 2.45) is 5.73 Å². The van der Waals surface area contributed by atoms with Gasteiger partial charge in [-0.05, 0) is 45.0 Å². The highest BCUT2D eigenvalue weighted by Gasteiger charge is 2.19. The molecular formula is C27H34N10O4S2. The van der Waals surface area contributed by atoms with Crippen LogP contribution in [0.2, 0.25) is 0 Å². The van der Waals surface area contributed by atoms with Gasteiger partial charge >= 0.3 is 6.09 Å². The first-order chi connectivity index (χ1) is 20.5. The first kappa shape index (κ1) is 33.1. The number of rotatable bonds is 9. The third-order valence-corrected chi connectivity index (χ3v) is 7.43. The van der Waals surface area contributed by atoms with E-state index in [1.807, 2.05) is 24.3 Å². The zero-order chi connectivity index (χ0) is 31.4. The van der Waals surface area contributed by atoms with E-state index in [1.165, 1.54) is 32.5 Å². The molecule has 3 N–H and O–H groups in total. The van der Waals surface area contributed by atoms with Crippen LogP contribution in [0.5, 0.6) is 0 Å². The number of nitrogens with one attached hydrogen (secondary N) is 1. The van der Waals surface area contributed by atoms with Gasteiger partial charge in [-0.3, -0.25) is 29.4 Å². The summed E-state index contributed by atoms with van der Waals surface area (Å²) in [5.74, 6) is -0.240. The lowest BCUT2D eigenvalue weighted by molar-refractivity contribution is -0.119. The monoisotopic (exact) mass is 626 g/mol. The van der Waals surface area contributed by atoms with Crippen molar-refractivity contribution in [1.82, 2.24) is 35.7 Å². The Morgan fingerprint density at radius 2 is 1.33 bits per heavy atom. The molecule has 4 aromatic rings. The van der Waals surface area contributed by atoms with Gasteiger partial charge in [0.15, 0.2) is 10.0 Å². The van der Waals surface area contributed by atoms with Crippen molar-refractivity contribution in [3.05, 3.63) is 49.1 Å². The number of alkyl carbamates (subject to hydrolysis) is 1. The molecule has 4 heterocycles. The van der Waals surface area contributed by atoms with E-state index in [9.17, 15) is 14.4 Å². The van der Waals surface area contributed by atoms with Crippen LogP contribution >= 0.6 is 22.7 Å². The first-order valence-electron chi connectivity index (χ1n) is 13.2. The minimum Gasteiger partial charge on any atom is -0.444 e. The summed E-state index contributed by atoms with van der Waals surface area (Å²) >= 11 is 2.65. The number of ether oxygens (including phenoxy) is 1. The Morgan fingerprint density at radius 3 is 1.74 bits per heavy atom. The van der Waals surface area contributed by atoms with E-state index in [0.717, 1.165) is 16.1 Å². The number of nitrogens with two attached hydrogens (primary N) is 1. The average Bonchev–Trinajstić information content (AvgIpc) is 3.68. The molecule has 0 bridgehead atoms. The summed E-state index contributed by atoms with van der Waals surface area (Å²) in [7, 11) is 3.30.